The fourth-order valence-corrected chi connectivity index (χ4v) is 0.570. The first-order chi connectivity index (χ1) is 6.13. The van der Waals surface area contributed by atoms with Crippen LogP contribution in [0.3, 0.4) is 0 Å². The largest absolute Gasteiger partial charge is 0.483 e. The molecule has 0 atom stereocenters. The van der Waals surface area contributed by atoms with Crippen molar-refractivity contribution in [2.24, 2.45) is 5.73 Å². The quantitative estimate of drug-likeness (QED) is 0.477. The van der Waals surface area contributed by atoms with Gasteiger partial charge in [0.2, 0.25) is 5.95 Å². The molecule has 0 saturated heterocycles. The van der Waals surface area contributed by atoms with Gasteiger partial charge in [0.05, 0.1) is 5.56 Å². The van der Waals surface area contributed by atoms with E-state index in [0.29, 0.717) is 0 Å². The molecule has 6 heteroatoms. The maximum atomic E-state index is 12.4. The highest BCUT2D eigenvalue weighted by atomic mass is 19.1. The van der Waals surface area contributed by atoms with E-state index >= 15 is 0 Å². The van der Waals surface area contributed by atoms with Gasteiger partial charge in [-0.25, -0.2) is 4.98 Å². The molecule has 0 spiro atoms. The van der Waals surface area contributed by atoms with E-state index in [1.54, 1.807) is 0 Å². The Morgan fingerprint density at radius 1 is 1.69 bits per heavy atom. The van der Waals surface area contributed by atoms with Gasteiger partial charge in [0.15, 0.2) is 0 Å². The van der Waals surface area contributed by atoms with Gasteiger partial charge in [-0.1, -0.05) is 0 Å². The fourth-order valence-electron chi connectivity index (χ4n) is 0.570. The van der Waals surface area contributed by atoms with Crippen LogP contribution in [0.1, 0.15) is 10.4 Å². The van der Waals surface area contributed by atoms with Gasteiger partial charge < -0.3 is 10.8 Å². The SMILES string of the molecule is NC(=O)c1cccnc1F.O=CO. The number of amides is 1. The molecular weight excluding hydrogens is 179 g/mol. The zero-order chi connectivity index (χ0) is 10.3. The number of carboxylic acid groups (broad SMARTS) is 1. The number of carbonyl (C=O) groups is 2. The summed E-state index contributed by atoms with van der Waals surface area (Å²) in [6, 6.07) is 2.73. The van der Waals surface area contributed by atoms with Gasteiger partial charge in [-0.05, 0) is 12.1 Å². The summed E-state index contributed by atoms with van der Waals surface area (Å²) < 4.78 is 12.4. The van der Waals surface area contributed by atoms with Crippen molar-refractivity contribution in [2.75, 3.05) is 0 Å². The topological polar surface area (TPSA) is 93.3 Å². The maximum absolute atomic E-state index is 12.4. The van der Waals surface area contributed by atoms with E-state index in [2.05, 4.69) is 4.98 Å². The summed E-state index contributed by atoms with van der Waals surface area (Å²) in [5.74, 6) is -1.62. The number of carbonyl (C=O) groups excluding carboxylic acids is 1. The molecule has 3 N–H and O–H groups in total. The van der Waals surface area contributed by atoms with Crippen molar-refractivity contribution in [1.29, 1.82) is 0 Å². The van der Waals surface area contributed by atoms with Gasteiger partial charge in [-0.3, -0.25) is 9.59 Å². The van der Waals surface area contributed by atoms with Crippen LogP contribution in [-0.4, -0.2) is 22.5 Å². The molecule has 0 aromatic carbocycles. The predicted molar refractivity (Wildman–Crippen MR) is 41.4 cm³/mol. The van der Waals surface area contributed by atoms with Crippen LogP contribution in [0.2, 0.25) is 0 Å². The molecule has 0 aliphatic rings. The lowest BCUT2D eigenvalue weighted by Crippen LogP contribution is -2.13. The molecule has 0 aliphatic heterocycles. The number of rotatable bonds is 1. The molecule has 0 fully saturated rings. The number of hydrogen-bond donors (Lipinski definition) is 2. The second-order valence-corrected chi connectivity index (χ2v) is 1.81. The molecule has 1 heterocycles. The normalized spacial score (nSPS) is 8.08. The van der Waals surface area contributed by atoms with Crippen molar-refractivity contribution in [3.05, 3.63) is 29.8 Å². The molecule has 0 bridgehead atoms. The first-order valence-electron chi connectivity index (χ1n) is 3.11. The summed E-state index contributed by atoms with van der Waals surface area (Å²) in [4.78, 5) is 22.0. The van der Waals surface area contributed by atoms with E-state index in [4.69, 9.17) is 15.6 Å². The second-order valence-electron chi connectivity index (χ2n) is 1.81. The van der Waals surface area contributed by atoms with Crippen LogP contribution in [0.4, 0.5) is 4.39 Å². The van der Waals surface area contributed by atoms with Crippen molar-refractivity contribution in [3.63, 3.8) is 0 Å². The van der Waals surface area contributed by atoms with Gasteiger partial charge in [-0.2, -0.15) is 4.39 Å². The molecule has 0 aliphatic carbocycles. The van der Waals surface area contributed by atoms with Gasteiger partial charge in [-0.15, -0.1) is 0 Å². The lowest BCUT2D eigenvalue weighted by Gasteiger charge is -1.92. The Labute approximate surface area is 73.0 Å². The average molecular weight is 186 g/mol. The number of aromatic nitrogens is 1. The third-order valence-electron chi connectivity index (χ3n) is 1.02. The van der Waals surface area contributed by atoms with E-state index in [-0.39, 0.29) is 12.0 Å². The molecule has 1 aromatic heterocycles. The summed E-state index contributed by atoms with van der Waals surface area (Å²) >= 11 is 0. The predicted octanol–water partition coefficient (Wildman–Crippen LogP) is 0.0204. The fraction of sp³-hybridized carbons (Fsp3) is 0. The van der Waals surface area contributed by atoms with Crippen LogP contribution >= 0.6 is 0 Å². The Balaban J connectivity index is 0.000000424. The lowest BCUT2D eigenvalue weighted by molar-refractivity contribution is -0.122. The summed E-state index contributed by atoms with van der Waals surface area (Å²) in [7, 11) is 0. The molecule has 1 aromatic rings. The van der Waals surface area contributed by atoms with E-state index in [1.165, 1.54) is 18.3 Å². The molecule has 0 saturated carbocycles. The van der Waals surface area contributed by atoms with E-state index in [1.807, 2.05) is 0 Å². The molecule has 0 unspecified atom stereocenters. The standard InChI is InChI=1S/C6H5FN2O.CH2O2/c7-5-4(6(8)10)2-1-3-9-5;2-1-3/h1-3H,(H2,8,10);1H,(H,2,3). The molecule has 13 heavy (non-hydrogen) atoms. The summed E-state index contributed by atoms with van der Waals surface area (Å²) in [5.41, 5.74) is 4.62. The van der Waals surface area contributed by atoms with E-state index in [0.717, 1.165) is 0 Å². The van der Waals surface area contributed by atoms with Crippen LogP contribution in [-0.2, 0) is 4.79 Å². The van der Waals surface area contributed by atoms with Crippen molar-refractivity contribution in [2.45, 2.75) is 0 Å². The summed E-state index contributed by atoms with van der Waals surface area (Å²) in [6.45, 7) is -0.250. The Morgan fingerprint density at radius 2 is 2.23 bits per heavy atom. The Bertz CT molecular complexity index is 304. The van der Waals surface area contributed by atoms with Crippen molar-refractivity contribution >= 4 is 12.4 Å². The zero-order valence-electron chi connectivity index (χ0n) is 6.48. The average Bonchev–Trinajstić information content (AvgIpc) is 2.06. The van der Waals surface area contributed by atoms with Gasteiger partial charge in [0.1, 0.15) is 0 Å². The number of halogens is 1. The third-order valence-corrected chi connectivity index (χ3v) is 1.02. The number of primary amides is 1. The van der Waals surface area contributed by atoms with E-state index < -0.39 is 11.9 Å². The van der Waals surface area contributed by atoms with Gasteiger partial charge >= 0.3 is 0 Å². The Hall–Kier alpha value is -1.98. The summed E-state index contributed by atoms with van der Waals surface area (Å²) in [5, 5.41) is 6.89. The van der Waals surface area contributed by atoms with Crippen LogP contribution < -0.4 is 5.73 Å². The van der Waals surface area contributed by atoms with Gasteiger partial charge in [0, 0.05) is 6.20 Å². The van der Waals surface area contributed by atoms with Crippen LogP contribution in [0.5, 0.6) is 0 Å². The van der Waals surface area contributed by atoms with Crippen LogP contribution in [0, 0.1) is 5.95 Å². The molecule has 70 valence electrons. The minimum Gasteiger partial charge on any atom is -0.483 e. The number of pyridine rings is 1. The smallest absolute Gasteiger partial charge is 0.290 e. The molecule has 5 nitrogen and oxygen atoms in total. The Morgan fingerprint density at radius 3 is 2.54 bits per heavy atom. The van der Waals surface area contributed by atoms with Gasteiger partial charge in [0.25, 0.3) is 12.4 Å². The number of nitrogens with zero attached hydrogens (tertiary/aromatic N) is 1. The lowest BCUT2D eigenvalue weighted by atomic mass is 10.3. The molecular formula is C7H7FN2O3. The second kappa shape index (κ2) is 5.64. The maximum Gasteiger partial charge on any atom is 0.290 e. The highest BCUT2D eigenvalue weighted by Gasteiger charge is 2.05. The first kappa shape index (κ1) is 11.0. The highest BCUT2D eigenvalue weighted by Crippen LogP contribution is 2.00. The van der Waals surface area contributed by atoms with Crippen molar-refractivity contribution in [1.82, 2.24) is 4.98 Å². The zero-order valence-corrected chi connectivity index (χ0v) is 6.48. The molecule has 0 radical (unpaired) electrons. The van der Waals surface area contributed by atoms with Crippen molar-refractivity contribution in [3.8, 4) is 0 Å². The monoisotopic (exact) mass is 186 g/mol. The van der Waals surface area contributed by atoms with Crippen LogP contribution in [0.25, 0.3) is 0 Å². The molecule has 1 amide bonds. The minimum atomic E-state index is -0.824. The van der Waals surface area contributed by atoms with Crippen molar-refractivity contribution < 1.29 is 19.1 Å². The number of hydrogen-bond acceptors (Lipinski definition) is 3. The Kier molecular flexibility index (Phi) is 4.78. The minimum absolute atomic E-state index is 0.178. The van der Waals surface area contributed by atoms with E-state index in [9.17, 15) is 9.18 Å². The highest BCUT2D eigenvalue weighted by molar-refractivity contribution is 5.92. The third kappa shape index (κ3) is 3.80. The first-order valence-corrected chi connectivity index (χ1v) is 3.11. The van der Waals surface area contributed by atoms with Crippen LogP contribution in [0.15, 0.2) is 18.3 Å². The molecule has 1 rings (SSSR count). The number of nitrogens with two attached hydrogens (primary N) is 1. The summed E-state index contributed by atoms with van der Waals surface area (Å²) in [6.07, 6.45) is 1.25.